The minimum Gasteiger partial charge on any atom is -0.484 e. The molecule has 3 aromatic rings. The number of carbonyl (C=O) groups excluding carboxylic acids is 1. The Morgan fingerprint density at radius 2 is 1.89 bits per heavy atom. The number of ether oxygens (including phenoxy) is 1. The van der Waals surface area contributed by atoms with Crippen molar-refractivity contribution < 1.29 is 9.53 Å². The van der Waals surface area contributed by atoms with Crippen LogP contribution < -0.4 is 15.0 Å². The van der Waals surface area contributed by atoms with E-state index in [0.717, 1.165) is 24.5 Å². The van der Waals surface area contributed by atoms with Gasteiger partial charge in [-0.1, -0.05) is 6.07 Å². The molecule has 1 fully saturated rings. The Morgan fingerprint density at radius 3 is 2.63 bits per heavy atom. The van der Waals surface area contributed by atoms with E-state index in [1.54, 1.807) is 12.1 Å². The minimum absolute atomic E-state index is 0.0765. The number of nitrogens with one attached hydrogen (secondary N) is 1. The quantitative estimate of drug-likeness (QED) is 0.722. The van der Waals surface area contributed by atoms with Crippen LogP contribution in [0.2, 0.25) is 0 Å². The Balaban J connectivity index is 1.31. The maximum Gasteiger partial charge on any atom is 0.262 e. The number of hydrogen-bond donors (Lipinski definition) is 1. The summed E-state index contributed by atoms with van der Waals surface area (Å²) in [5.74, 6) is 0.360. The van der Waals surface area contributed by atoms with E-state index in [0.29, 0.717) is 5.75 Å². The van der Waals surface area contributed by atoms with Crippen molar-refractivity contribution in [3.63, 3.8) is 0 Å². The molecule has 138 valence electrons. The van der Waals surface area contributed by atoms with Gasteiger partial charge in [-0.25, -0.2) is 4.68 Å². The van der Waals surface area contributed by atoms with E-state index >= 15 is 0 Å². The van der Waals surface area contributed by atoms with E-state index in [9.17, 15) is 4.79 Å². The van der Waals surface area contributed by atoms with Crippen LogP contribution in [0, 0.1) is 0 Å². The number of carbonyl (C=O) groups is 1. The first kappa shape index (κ1) is 17.0. The summed E-state index contributed by atoms with van der Waals surface area (Å²) in [6, 6.07) is 15.1. The molecule has 2 aromatic carbocycles. The standard InChI is InChI=1S/C19H20N6O2/c26-19(21-15-6-8-16(9-7-15)24-10-1-2-11-24)13-27-18-5-3-4-17(12-18)25-14-20-22-23-25/h3-9,12,14H,1-2,10-11,13H2,(H,21,26). The number of aromatic nitrogens is 4. The Hall–Kier alpha value is -3.42. The third-order valence-electron chi connectivity index (χ3n) is 4.42. The summed E-state index contributed by atoms with van der Waals surface area (Å²) in [4.78, 5) is 14.5. The van der Waals surface area contributed by atoms with Crippen LogP contribution in [0.25, 0.3) is 5.69 Å². The maximum atomic E-state index is 12.2. The fourth-order valence-electron chi connectivity index (χ4n) is 3.07. The van der Waals surface area contributed by atoms with Crippen molar-refractivity contribution in [2.75, 3.05) is 29.9 Å². The lowest BCUT2D eigenvalue weighted by Crippen LogP contribution is -2.20. The molecule has 0 spiro atoms. The molecule has 0 aliphatic carbocycles. The Morgan fingerprint density at radius 1 is 1.07 bits per heavy atom. The van der Waals surface area contributed by atoms with E-state index < -0.39 is 0 Å². The van der Waals surface area contributed by atoms with Crippen LogP contribution in [0.3, 0.4) is 0 Å². The lowest BCUT2D eigenvalue weighted by Gasteiger charge is -2.17. The van der Waals surface area contributed by atoms with Gasteiger partial charge in [-0.05, 0) is 59.7 Å². The number of amides is 1. The highest BCUT2D eigenvalue weighted by Crippen LogP contribution is 2.22. The average Bonchev–Trinajstić information content (AvgIpc) is 3.41. The van der Waals surface area contributed by atoms with E-state index in [2.05, 4.69) is 25.7 Å². The molecule has 2 heterocycles. The van der Waals surface area contributed by atoms with Gasteiger partial charge in [-0.2, -0.15) is 0 Å². The fourth-order valence-corrected chi connectivity index (χ4v) is 3.07. The molecule has 1 saturated heterocycles. The van der Waals surface area contributed by atoms with E-state index in [-0.39, 0.29) is 12.5 Å². The van der Waals surface area contributed by atoms with E-state index in [1.807, 2.05) is 36.4 Å². The van der Waals surface area contributed by atoms with E-state index in [4.69, 9.17) is 4.74 Å². The first-order valence-corrected chi connectivity index (χ1v) is 8.89. The summed E-state index contributed by atoms with van der Waals surface area (Å²) in [5, 5.41) is 13.9. The molecular weight excluding hydrogens is 344 g/mol. The second-order valence-corrected chi connectivity index (χ2v) is 6.33. The van der Waals surface area contributed by atoms with Crippen molar-refractivity contribution in [3.05, 3.63) is 54.9 Å². The molecule has 8 nitrogen and oxygen atoms in total. The smallest absolute Gasteiger partial charge is 0.262 e. The molecule has 1 aromatic heterocycles. The Bertz CT molecular complexity index is 889. The molecule has 1 N–H and O–H groups in total. The van der Waals surface area contributed by atoms with Gasteiger partial charge in [0.15, 0.2) is 6.61 Å². The molecule has 1 aliphatic heterocycles. The van der Waals surface area contributed by atoms with Gasteiger partial charge in [0.05, 0.1) is 5.69 Å². The Labute approximate surface area is 156 Å². The van der Waals surface area contributed by atoms with Gasteiger partial charge in [0.2, 0.25) is 0 Å². The lowest BCUT2D eigenvalue weighted by atomic mass is 10.2. The monoisotopic (exact) mass is 364 g/mol. The number of anilines is 2. The second-order valence-electron chi connectivity index (χ2n) is 6.33. The molecule has 1 aliphatic rings. The summed E-state index contributed by atoms with van der Waals surface area (Å²) >= 11 is 0. The molecule has 4 rings (SSSR count). The molecule has 1 amide bonds. The van der Waals surface area contributed by atoms with Crippen LogP contribution in [-0.2, 0) is 4.79 Å². The second kappa shape index (κ2) is 7.86. The zero-order chi connectivity index (χ0) is 18.5. The number of hydrogen-bond acceptors (Lipinski definition) is 6. The van der Waals surface area contributed by atoms with Gasteiger partial charge in [0.25, 0.3) is 5.91 Å². The zero-order valence-electron chi connectivity index (χ0n) is 14.8. The van der Waals surface area contributed by atoms with Crippen molar-refractivity contribution in [2.24, 2.45) is 0 Å². The largest absolute Gasteiger partial charge is 0.484 e. The molecule has 0 atom stereocenters. The number of benzene rings is 2. The third-order valence-corrected chi connectivity index (χ3v) is 4.42. The van der Waals surface area contributed by atoms with Crippen LogP contribution in [-0.4, -0.2) is 45.8 Å². The third kappa shape index (κ3) is 4.22. The first-order valence-electron chi connectivity index (χ1n) is 8.89. The van der Waals surface area contributed by atoms with Crippen LogP contribution in [0.1, 0.15) is 12.8 Å². The van der Waals surface area contributed by atoms with Gasteiger partial charge >= 0.3 is 0 Å². The van der Waals surface area contributed by atoms with Gasteiger partial charge in [0.1, 0.15) is 12.1 Å². The Kier molecular flexibility index (Phi) is 4.95. The summed E-state index contributed by atoms with van der Waals surface area (Å²) in [6.45, 7) is 2.12. The first-order chi connectivity index (χ1) is 13.3. The highest BCUT2D eigenvalue weighted by molar-refractivity contribution is 5.92. The van der Waals surface area contributed by atoms with Crippen molar-refractivity contribution in [2.45, 2.75) is 12.8 Å². The molecule has 0 saturated carbocycles. The SMILES string of the molecule is O=C(COc1cccc(-n2cnnn2)c1)Nc1ccc(N2CCCC2)cc1. The maximum absolute atomic E-state index is 12.2. The van der Waals surface area contributed by atoms with Crippen LogP contribution >= 0.6 is 0 Å². The summed E-state index contributed by atoms with van der Waals surface area (Å²) in [6.07, 6.45) is 3.98. The highest BCUT2D eigenvalue weighted by atomic mass is 16.5. The molecule has 8 heteroatoms. The minimum atomic E-state index is -0.211. The number of rotatable bonds is 6. The van der Waals surface area contributed by atoms with E-state index in [1.165, 1.54) is 29.5 Å². The molecule has 27 heavy (non-hydrogen) atoms. The molecule has 0 radical (unpaired) electrons. The van der Waals surface area contributed by atoms with Crippen molar-refractivity contribution >= 4 is 17.3 Å². The molecule has 0 unspecified atom stereocenters. The van der Waals surface area contributed by atoms with Gasteiger partial charge < -0.3 is 15.0 Å². The van der Waals surface area contributed by atoms with Crippen LogP contribution in [0.5, 0.6) is 5.75 Å². The van der Waals surface area contributed by atoms with Crippen molar-refractivity contribution in [1.82, 2.24) is 20.2 Å². The molecule has 0 bridgehead atoms. The number of nitrogens with zero attached hydrogens (tertiary/aromatic N) is 5. The normalized spacial score (nSPS) is 13.6. The number of tetrazole rings is 1. The topological polar surface area (TPSA) is 85.2 Å². The lowest BCUT2D eigenvalue weighted by molar-refractivity contribution is -0.118. The molecular formula is C19H20N6O2. The summed E-state index contributed by atoms with van der Waals surface area (Å²) < 4.78 is 7.10. The van der Waals surface area contributed by atoms with Crippen LogP contribution in [0.4, 0.5) is 11.4 Å². The van der Waals surface area contributed by atoms with Gasteiger partial charge in [0, 0.05) is 30.5 Å². The van der Waals surface area contributed by atoms with Gasteiger partial charge in [-0.15, -0.1) is 5.10 Å². The summed E-state index contributed by atoms with van der Waals surface area (Å²) in [5.41, 5.74) is 2.71. The average molecular weight is 364 g/mol. The predicted molar refractivity (Wildman–Crippen MR) is 101 cm³/mol. The fraction of sp³-hybridized carbons (Fsp3) is 0.263. The zero-order valence-corrected chi connectivity index (χ0v) is 14.8. The predicted octanol–water partition coefficient (Wildman–Crippen LogP) is 2.28. The van der Waals surface area contributed by atoms with Gasteiger partial charge in [-0.3, -0.25) is 4.79 Å². The van der Waals surface area contributed by atoms with Crippen molar-refractivity contribution in [3.8, 4) is 11.4 Å². The highest BCUT2D eigenvalue weighted by Gasteiger charge is 2.12. The summed E-state index contributed by atoms with van der Waals surface area (Å²) in [7, 11) is 0. The van der Waals surface area contributed by atoms with Crippen LogP contribution in [0.15, 0.2) is 54.9 Å². The van der Waals surface area contributed by atoms with Crippen molar-refractivity contribution in [1.29, 1.82) is 0 Å².